The summed E-state index contributed by atoms with van der Waals surface area (Å²) in [7, 11) is 1.60. The second-order valence-electron chi connectivity index (χ2n) is 8.88. The number of anilines is 4. The normalized spacial score (nSPS) is 10.6. The molecule has 0 radical (unpaired) electrons. The Bertz CT molecular complexity index is 1390. The summed E-state index contributed by atoms with van der Waals surface area (Å²) in [6.07, 6.45) is 0. The van der Waals surface area contributed by atoms with Crippen LogP contribution in [0.5, 0.6) is 5.75 Å². The van der Waals surface area contributed by atoms with Crippen molar-refractivity contribution in [3.8, 4) is 5.75 Å². The first-order valence-electron chi connectivity index (χ1n) is 13.5. The summed E-state index contributed by atoms with van der Waals surface area (Å²) in [5.74, 6) is 1.19. The highest BCUT2D eigenvalue weighted by Gasteiger charge is 2.09. The van der Waals surface area contributed by atoms with Crippen molar-refractivity contribution < 1.29 is 23.4 Å². The molecule has 0 aliphatic rings. The second kappa shape index (κ2) is 16.5. The summed E-state index contributed by atoms with van der Waals surface area (Å²) in [6.45, 7) is 2.62. The highest BCUT2D eigenvalue weighted by Crippen LogP contribution is 2.19. The summed E-state index contributed by atoms with van der Waals surface area (Å²) in [6, 6.07) is 22.9. The molecule has 0 saturated heterocycles. The Labute approximate surface area is 243 Å². The van der Waals surface area contributed by atoms with E-state index in [1.807, 2.05) is 42.5 Å². The minimum atomic E-state index is -0.313. The number of aromatic nitrogens is 3. The van der Waals surface area contributed by atoms with E-state index in [2.05, 4.69) is 36.2 Å². The molecule has 0 fully saturated rings. The fraction of sp³-hybridized carbons (Fsp3) is 0.267. The number of benzene rings is 3. The van der Waals surface area contributed by atoms with Crippen molar-refractivity contribution in [3.05, 3.63) is 95.8 Å². The third kappa shape index (κ3) is 9.98. The number of hydrogen-bond donors (Lipinski definition) is 4. The van der Waals surface area contributed by atoms with Gasteiger partial charge in [0.1, 0.15) is 11.6 Å². The topological polar surface area (TPSA) is 132 Å². The summed E-state index contributed by atoms with van der Waals surface area (Å²) in [5.41, 5.74) is 1.87. The van der Waals surface area contributed by atoms with E-state index < -0.39 is 0 Å². The van der Waals surface area contributed by atoms with Crippen LogP contribution in [-0.2, 0) is 16.0 Å². The van der Waals surface area contributed by atoms with E-state index in [9.17, 15) is 9.18 Å². The molecule has 11 nitrogen and oxygen atoms in total. The molecule has 4 aromatic rings. The van der Waals surface area contributed by atoms with Crippen molar-refractivity contribution >= 4 is 29.4 Å². The lowest BCUT2D eigenvalue weighted by molar-refractivity contribution is 0.0519. The monoisotopic (exact) mass is 575 g/mol. The molecule has 0 saturated carbocycles. The first-order chi connectivity index (χ1) is 20.6. The van der Waals surface area contributed by atoms with Crippen LogP contribution in [-0.4, -0.2) is 67.5 Å². The highest BCUT2D eigenvalue weighted by molar-refractivity contribution is 5.94. The van der Waals surface area contributed by atoms with Crippen LogP contribution in [0, 0.1) is 5.82 Å². The van der Waals surface area contributed by atoms with Crippen LogP contribution in [0.3, 0.4) is 0 Å². The maximum absolute atomic E-state index is 14.1. The SMILES string of the molecule is COc1ccc(Nc2nc(NCCOCCOCCNC(=O)c3ccccc3)nc(NCc3ccccc3F)n2)cc1. The van der Waals surface area contributed by atoms with Gasteiger partial charge in [-0.3, -0.25) is 4.79 Å². The van der Waals surface area contributed by atoms with Gasteiger partial charge in [0.05, 0.1) is 33.5 Å². The van der Waals surface area contributed by atoms with Gasteiger partial charge in [0.15, 0.2) is 0 Å². The molecular formula is C30H34FN7O4. The Morgan fingerprint density at radius 2 is 1.38 bits per heavy atom. The third-order valence-electron chi connectivity index (χ3n) is 5.85. The van der Waals surface area contributed by atoms with Crippen LogP contribution in [0.15, 0.2) is 78.9 Å². The molecule has 1 heterocycles. The molecule has 3 aromatic carbocycles. The van der Waals surface area contributed by atoms with Gasteiger partial charge in [-0.15, -0.1) is 0 Å². The molecular weight excluding hydrogens is 541 g/mol. The zero-order valence-corrected chi connectivity index (χ0v) is 23.3. The fourth-order valence-corrected chi connectivity index (χ4v) is 3.69. The second-order valence-corrected chi connectivity index (χ2v) is 8.88. The molecule has 4 rings (SSSR count). The Morgan fingerprint density at radius 3 is 2.10 bits per heavy atom. The maximum Gasteiger partial charge on any atom is 0.251 e. The van der Waals surface area contributed by atoms with Gasteiger partial charge in [-0.05, 0) is 42.5 Å². The third-order valence-corrected chi connectivity index (χ3v) is 5.85. The van der Waals surface area contributed by atoms with Crippen molar-refractivity contribution in [1.82, 2.24) is 20.3 Å². The first kappa shape index (κ1) is 30.2. The van der Waals surface area contributed by atoms with Gasteiger partial charge in [-0.1, -0.05) is 36.4 Å². The average molecular weight is 576 g/mol. The summed E-state index contributed by atoms with van der Waals surface area (Å²) >= 11 is 0. The number of nitrogens with zero attached hydrogens (tertiary/aromatic N) is 3. The summed E-state index contributed by atoms with van der Waals surface area (Å²) < 4.78 is 30.4. The molecule has 220 valence electrons. The molecule has 12 heteroatoms. The Hall–Kier alpha value is -4.81. The number of hydrogen-bond acceptors (Lipinski definition) is 10. The minimum absolute atomic E-state index is 0.132. The van der Waals surface area contributed by atoms with Crippen molar-refractivity contribution in [2.45, 2.75) is 6.54 Å². The molecule has 0 aliphatic carbocycles. The van der Waals surface area contributed by atoms with Gasteiger partial charge in [-0.25, -0.2) is 4.39 Å². The fourth-order valence-electron chi connectivity index (χ4n) is 3.69. The maximum atomic E-state index is 14.1. The predicted molar refractivity (Wildman–Crippen MR) is 159 cm³/mol. The van der Waals surface area contributed by atoms with E-state index in [0.717, 1.165) is 11.4 Å². The van der Waals surface area contributed by atoms with Crippen LogP contribution >= 0.6 is 0 Å². The lowest BCUT2D eigenvalue weighted by Gasteiger charge is -2.12. The number of halogens is 1. The average Bonchev–Trinajstić information content (AvgIpc) is 3.02. The first-order valence-corrected chi connectivity index (χ1v) is 13.5. The van der Waals surface area contributed by atoms with E-state index in [1.165, 1.54) is 6.07 Å². The largest absolute Gasteiger partial charge is 0.497 e. The minimum Gasteiger partial charge on any atom is -0.497 e. The van der Waals surface area contributed by atoms with E-state index in [0.29, 0.717) is 62.5 Å². The van der Waals surface area contributed by atoms with Gasteiger partial charge >= 0.3 is 0 Å². The van der Waals surface area contributed by atoms with E-state index in [4.69, 9.17) is 14.2 Å². The number of carbonyl (C=O) groups is 1. The Kier molecular flexibility index (Phi) is 11.8. The van der Waals surface area contributed by atoms with Gasteiger partial charge in [0, 0.05) is 36.4 Å². The van der Waals surface area contributed by atoms with Crippen molar-refractivity contribution in [1.29, 1.82) is 0 Å². The van der Waals surface area contributed by atoms with E-state index >= 15 is 0 Å². The lowest BCUT2D eigenvalue weighted by atomic mass is 10.2. The molecule has 1 aromatic heterocycles. The van der Waals surface area contributed by atoms with Crippen LogP contribution in [0.2, 0.25) is 0 Å². The quantitative estimate of drug-likeness (QED) is 0.136. The van der Waals surface area contributed by atoms with Gasteiger partial charge in [0.25, 0.3) is 5.91 Å². The predicted octanol–water partition coefficient (Wildman–Crippen LogP) is 4.25. The van der Waals surface area contributed by atoms with Crippen molar-refractivity contribution in [2.75, 3.05) is 62.6 Å². The molecule has 0 aliphatic heterocycles. The smallest absolute Gasteiger partial charge is 0.251 e. The van der Waals surface area contributed by atoms with Crippen LogP contribution in [0.25, 0.3) is 0 Å². The number of nitrogens with one attached hydrogen (secondary N) is 4. The van der Waals surface area contributed by atoms with E-state index in [-0.39, 0.29) is 24.2 Å². The highest BCUT2D eigenvalue weighted by atomic mass is 19.1. The van der Waals surface area contributed by atoms with Gasteiger partial charge < -0.3 is 35.5 Å². The Balaban J connectivity index is 1.21. The zero-order chi connectivity index (χ0) is 29.4. The number of amides is 1. The van der Waals surface area contributed by atoms with Crippen LogP contribution in [0.1, 0.15) is 15.9 Å². The van der Waals surface area contributed by atoms with Gasteiger partial charge in [0.2, 0.25) is 17.8 Å². The molecule has 0 unspecified atom stereocenters. The molecule has 1 amide bonds. The lowest BCUT2D eigenvalue weighted by Crippen LogP contribution is -2.27. The van der Waals surface area contributed by atoms with Crippen LogP contribution < -0.4 is 26.0 Å². The van der Waals surface area contributed by atoms with Crippen molar-refractivity contribution in [3.63, 3.8) is 0 Å². The van der Waals surface area contributed by atoms with E-state index in [1.54, 1.807) is 37.4 Å². The number of rotatable bonds is 17. The molecule has 42 heavy (non-hydrogen) atoms. The standard InChI is InChI=1S/C30H34FN7O4/c1-40-25-13-11-24(12-14-25)35-30-37-28(36-29(38-30)34-21-23-9-5-6-10-26(23)31)33-16-18-42-20-19-41-17-15-32-27(39)22-7-3-2-4-8-22/h2-14H,15-21H2,1H3,(H,32,39)(H3,33,34,35,36,37,38). The zero-order valence-electron chi connectivity index (χ0n) is 23.3. The van der Waals surface area contributed by atoms with Crippen LogP contribution in [0.4, 0.5) is 27.9 Å². The molecule has 0 bridgehead atoms. The number of ether oxygens (including phenoxy) is 3. The van der Waals surface area contributed by atoms with Gasteiger partial charge in [-0.2, -0.15) is 15.0 Å². The number of methoxy groups -OCH3 is 1. The Morgan fingerprint density at radius 1 is 0.738 bits per heavy atom. The molecule has 0 atom stereocenters. The molecule has 0 spiro atoms. The number of carbonyl (C=O) groups excluding carboxylic acids is 1. The molecule has 4 N–H and O–H groups in total. The summed E-state index contributed by atoms with van der Waals surface area (Å²) in [4.78, 5) is 25.3. The van der Waals surface area contributed by atoms with Crippen molar-refractivity contribution in [2.24, 2.45) is 0 Å². The summed E-state index contributed by atoms with van der Waals surface area (Å²) in [5, 5.41) is 12.2.